The van der Waals surface area contributed by atoms with Gasteiger partial charge in [0.05, 0.1) is 11.9 Å². The molecule has 0 aliphatic carbocycles. The van der Waals surface area contributed by atoms with Gasteiger partial charge in [-0.05, 0) is 18.6 Å². The van der Waals surface area contributed by atoms with Gasteiger partial charge in [-0.2, -0.15) is 0 Å². The van der Waals surface area contributed by atoms with Gasteiger partial charge in [0.1, 0.15) is 5.82 Å². The van der Waals surface area contributed by atoms with Crippen LogP contribution in [0.3, 0.4) is 0 Å². The molecule has 82 valence electrons. The summed E-state index contributed by atoms with van der Waals surface area (Å²) in [4.78, 5) is 4.90. The molecule has 0 saturated heterocycles. The van der Waals surface area contributed by atoms with Crippen LogP contribution in [0.4, 0.5) is 4.39 Å². The molecule has 0 fully saturated rings. The third kappa shape index (κ3) is 2.83. The van der Waals surface area contributed by atoms with E-state index >= 15 is 0 Å². The molecule has 0 saturated carbocycles. The number of hydrogen-bond acceptors (Lipinski definition) is 2. The van der Waals surface area contributed by atoms with Crippen molar-refractivity contribution in [3.05, 3.63) is 59.7 Å². The minimum atomic E-state index is -0.277. The second-order valence-corrected chi connectivity index (χ2v) is 4.53. The largest absolute Gasteiger partial charge is 0.257 e. The Labute approximate surface area is 98.7 Å². The van der Waals surface area contributed by atoms with Crippen LogP contribution in [0, 0.1) is 12.7 Å². The highest BCUT2D eigenvalue weighted by atomic mass is 32.2. The smallest absolute Gasteiger partial charge is 0.142 e. The normalized spacial score (nSPS) is 10.4. The van der Waals surface area contributed by atoms with Crippen LogP contribution in [0.1, 0.15) is 11.3 Å². The Kier molecular flexibility index (Phi) is 3.57. The fraction of sp³-hybridized carbons (Fsp3) is 0.154. The molecule has 0 amide bonds. The molecule has 0 bridgehead atoms. The highest BCUT2D eigenvalue weighted by molar-refractivity contribution is 7.98. The molecule has 0 N–H and O–H groups in total. The van der Waals surface area contributed by atoms with Gasteiger partial charge in [-0.25, -0.2) is 4.39 Å². The maximum absolute atomic E-state index is 13.0. The summed E-state index contributed by atoms with van der Waals surface area (Å²) in [5, 5.41) is 0. The van der Waals surface area contributed by atoms with Gasteiger partial charge in [0.2, 0.25) is 0 Å². The van der Waals surface area contributed by atoms with Crippen LogP contribution in [0.5, 0.6) is 0 Å². The Balaban J connectivity index is 2.08. The van der Waals surface area contributed by atoms with Crippen molar-refractivity contribution in [3.63, 3.8) is 0 Å². The lowest BCUT2D eigenvalue weighted by atomic mass is 10.2. The summed E-state index contributed by atoms with van der Waals surface area (Å²) >= 11 is 1.61. The average Bonchev–Trinajstić information content (AvgIpc) is 2.32. The molecule has 2 rings (SSSR count). The number of nitrogens with zero attached hydrogens (tertiary/aromatic N) is 1. The molecule has 0 aliphatic heterocycles. The molecule has 0 aliphatic rings. The zero-order valence-corrected chi connectivity index (χ0v) is 9.80. The van der Waals surface area contributed by atoms with Crippen LogP contribution in [0.25, 0.3) is 0 Å². The Hall–Kier alpha value is -1.35. The number of halogens is 1. The first-order chi connectivity index (χ1) is 7.75. The molecule has 1 heterocycles. The SMILES string of the molecule is Cc1ncc(F)cc1SCc1ccccc1. The van der Waals surface area contributed by atoms with E-state index in [9.17, 15) is 4.39 Å². The van der Waals surface area contributed by atoms with E-state index in [1.54, 1.807) is 11.8 Å². The first-order valence-electron chi connectivity index (χ1n) is 5.04. The van der Waals surface area contributed by atoms with Gasteiger partial charge in [0, 0.05) is 10.6 Å². The van der Waals surface area contributed by atoms with E-state index in [4.69, 9.17) is 0 Å². The average molecular weight is 233 g/mol. The Morgan fingerprint density at radius 1 is 1.25 bits per heavy atom. The summed E-state index contributed by atoms with van der Waals surface area (Å²) in [5.41, 5.74) is 2.11. The molecule has 3 heteroatoms. The van der Waals surface area contributed by atoms with Crippen LogP contribution < -0.4 is 0 Å². The van der Waals surface area contributed by atoms with Gasteiger partial charge in [-0.3, -0.25) is 4.98 Å². The van der Waals surface area contributed by atoms with Crippen molar-refractivity contribution < 1.29 is 4.39 Å². The Morgan fingerprint density at radius 2 is 2.00 bits per heavy atom. The lowest BCUT2D eigenvalue weighted by Gasteiger charge is -2.04. The summed E-state index contributed by atoms with van der Waals surface area (Å²) in [7, 11) is 0. The van der Waals surface area contributed by atoms with Crippen LogP contribution in [-0.4, -0.2) is 4.98 Å². The minimum absolute atomic E-state index is 0.277. The van der Waals surface area contributed by atoms with Crippen molar-refractivity contribution >= 4 is 11.8 Å². The van der Waals surface area contributed by atoms with Gasteiger partial charge < -0.3 is 0 Å². The predicted molar refractivity (Wildman–Crippen MR) is 64.9 cm³/mol. The number of aromatic nitrogens is 1. The van der Waals surface area contributed by atoms with Gasteiger partial charge in [0.15, 0.2) is 0 Å². The van der Waals surface area contributed by atoms with Gasteiger partial charge in [0.25, 0.3) is 0 Å². The van der Waals surface area contributed by atoms with E-state index in [1.807, 2.05) is 25.1 Å². The number of benzene rings is 1. The molecule has 0 spiro atoms. The zero-order valence-electron chi connectivity index (χ0n) is 8.98. The zero-order chi connectivity index (χ0) is 11.4. The van der Waals surface area contributed by atoms with Gasteiger partial charge in [-0.1, -0.05) is 30.3 Å². The van der Waals surface area contributed by atoms with E-state index in [1.165, 1.54) is 17.8 Å². The molecule has 0 unspecified atom stereocenters. The molecular formula is C13H12FNS. The third-order valence-electron chi connectivity index (χ3n) is 2.24. The Bertz CT molecular complexity index is 471. The molecule has 1 aromatic heterocycles. The van der Waals surface area contributed by atoms with Crippen molar-refractivity contribution in [1.29, 1.82) is 0 Å². The predicted octanol–water partition coefficient (Wildman–Crippen LogP) is 3.82. The number of thioether (sulfide) groups is 1. The summed E-state index contributed by atoms with van der Waals surface area (Å²) in [5.74, 6) is 0.563. The van der Waals surface area contributed by atoms with Crippen LogP contribution in [0.2, 0.25) is 0 Å². The number of rotatable bonds is 3. The van der Waals surface area contributed by atoms with Crippen LogP contribution in [0.15, 0.2) is 47.5 Å². The summed E-state index contributed by atoms with van der Waals surface area (Å²) in [6.45, 7) is 1.90. The first kappa shape index (κ1) is 11.1. The molecule has 0 radical (unpaired) electrons. The molecule has 16 heavy (non-hydrogen) atoms. The molecule has 0 atom stereocenters. The van der Waals surface area contributed by atoms with Gasteiger partial charge >= 0.3 is 0 Å². The first-order valence-corrected chi connectivity index (χ1v) is 6.03. The maximum atomic E-state index is 13.0. The van der Waals surface area contributed by atoms with E-state index in [0.717, 1.165) is 16.3 Å². The molecule has 1 aromatic carbocycles. The van der Waals surface area contributed by atoms with Crippen molar-refractivity contribution in [2.45, 2.75) is 17.6 Å². The highest BCUT2D eigenvalue weighted by Crippen LogP contribution is 2.25. The molecule has 2 aromatic rings. The Morgan fingerprint density at radius 3 is 2.75 bits per heavy atom. The number of aryl methyl sites for hydroxylation is 1. The lowest BCUT2D eigenvalue weighted by Crippen LogP contribution is -1.88. The van der Waals surface area contributed by atoms with Crippen molar-refractivity contribution in [1.82, 2.24) is 4.98 Å². The highest BCUT2D eigenvalue weighted by Gasteiger charge is 2.02. The topological polar surface area (TPSA) is 12.9 Å². The van der Waals surface area contributed by atoms with E-state index in [0.29, 0.717) is 0 Å². The number of hydrogen-bond donors (Lipinski definition) is 0. The quantitative estimate of drug-likeness (QED) is 0.747. The van der Waals surface area contributed by atoms with Crippen molar-refractivity contribution in [2.24, 2.45) is 0 Å². The fourth-order valence-corrected chi connectivity index (χ4v) is 2.34. The van der Waals surface area contributed by atoms with Crippen molar-refractivity contribution in [2.75, 3.05) is 0 Å². The molecular weight excluding hydrogens is 221 g/mol. The second kappa shape index (κ2) is 5.12. The monoisotopic (exact) mass is 233 g/mol. The maximum Gasteiger partial charge on any atom is 0.142 e. The van der Waals surface area contributed by atoms with Crippen LogP contribution >= 0.6 is 11.8 Å². The van der Waals surface area contributed by atoms with Gasteiger partial charge in [-0.15, -0.1) is 11.8 Å². The summed E-state index contributed by atoms with van der Waals surface area (Å²) < 4.78 is 13.0. The lowest BCUT2D eigenvalue weighted by molar-refractivity contribution is 0.615. The molecule has 1 nitrogen and oxygen atoms in total. The standard InChI is InChI=1S/C13H12FNS/c1-10-13(7-12(14)8-15-10)16-9-11-5-3-2-4-6-11/h2-8H,9H2,1H3. The fourth-order valence-electron chi connectivity index (χ4n) is 1.37. The second-order valence-electron chi connectivity index (χ2n) is 3.51. The van der Waals surface area contributed by atoms with E-state index in [-0.39, 0.29) is 5.82 Å². The van der Waals surface area contributed by atoms with Crippen LogP contribution in [-0.2, 0) is 5.75 Å². The summed E-state index contributed by atoms with van der Waals surface area (Å²) in [6, 6.07) is 11.7. The van der Waals surface area contributed by atoms with Crippen molar-refractivity contribution in [3.8, 4) is 0 Å². The minimum Gasteiger partial charge on any atom is -0.257 e. The van der Waals surface area contributed by atoms with E-state index in [2.05, 4.69) is 17.1 Å². The third-order valence-corrected chi connectivity index (χ3v) is 3.45. The number of pyridine rings is 1. The van der Waals surface area contributed by atoms with E-state index < -0.39 is 0 Å². The summed E-state index contributed by atoms with van der Waals surface area (Å²) in [6.07, 6.45) is 1.25.